The van der Waals surface area contributed by atoms with Crippen molar-refractivity contribution in [3.63, 3.8) is 0 Å². The summed E-state index contributed by atoms with van der Waals surface area (Å²) >= 11 is 0. The lowest BCUT2D eigenvalue weighted by Crippen LogP contribution is -2.27. The van der Waals surface area contributed by atoms with Crippen LogP contribution in [0.25, 0.3) is 0 Å². The Kier molecular flexibility index (Phi) is 5.73. The number of aliphatic hydroxyl groups is 1. The van der Waals surface area contributed by atoms with Gasteiger partial charge in [-0.1, -0.05) is 18.2 Å². The zero-order chi connectivity index (χ0) is 14.4. The third kappa shape index (κ3) is 4.72. The minimum absolute atomic E-state index is 0.147. The molecule has 0 saturated heterocycles. The molecule has 0 amide bonds. The van der Waals surface area contributed by atoms with E-state index in [1.807, 2.05) is 6.07 Å². The maximum atomic E-state index is 12.3. The van der Waals surface area contributed by atoms with E-state index < -0.39 is 6.61 Å². The second-order valence-electron chi connectivity index (χ2n) is 5.29. The summed E-state index contributed by atoms with van der Waals surface area (Å²) in [6.07, 6.45) is 3.60. The fourth-order valence-corrected chi connectivity index (χ4v) is 2.62. The summed E-state index contributed by atoms with van der Waals surface area (Å²) in [5.74, 6) is 0.788. The molecule has 1 aromatic rings. The number of nitrogens with one attached hydrogen (secondary N) is 1. The van der Waals surface area contributed by atoms with Crippen LogP contribution in [0.4, 0.5) is 8.78 Å². The molecule has 0 aromatic heterocycles. The van der Waals surface area contributed by atoms with Gasteiger partial charge in [0.2, 0.25) is 0 Å². The van der Waals surface area contributed by atoms with Gasteiger partial charge in [0.15, 0.2) is 0 Å². The number of benzene rings is 1. The van der Waals surface area contributed by atoms with Crippen molar-refractivity contribution in [1.29, 1.82) is 0 Å². The molecular weight excluding hydrogens is 264 g/mol. The molecule has 0 radical (unpaired) electrons. The Balaban J connectivity index is 1.79. The highest BCUT2D eigenvalue weighted by Gasteiger charge is 2.19. The van der Waals surface area contributed by atoms with Crippen molar-refractivity contribution in [3.05, 3.63) is 29.8 Å². The van der Waals surface area contributed by atoms with Crippen molar-refractivity contribution in [2.75, 3.05) is 6.54 Å². The van der Waals surface area contributed by atoms with E-state index in [0.29, 0.717) is 12.5 Å². The molecule has 0 aliphatic heterocycles. The predicted molar refractivity (Wildman–Crippen MR) is 72.7 cm³/mol. The van der Waals surface area contributed by atoms with Crippen LogP contribution < -0.4 is 10.1 Å². The molecular formula is C15H21F2NO2. The highest BCUT2D eigenvalue weighted by atomic mass is 19.3. The molecule has 20 heavy (non-hydrogen) atoms. The van der Waals surface area contributed by atoms with Crippen LogP contribution in [0.3, 0.4) is 0 Å². The molecule has 0 unspecified atom stereocenters. The summed E-state index contributed by atoms with van der Waals surface area (Å²) in [5, 5.41) is 12.7. The van der Waals surface area contributed by atoms with Crippen LogP contribution in [0.1, 0.15) is 31.2 Å². The van der Waals surface area contributed by atoms with Gasteiger partial charge in [0.1, 0.15) is 5.75 Å². The lowest BCUT2D eigenvalue weighted by Gasteiger charge is -2.25. The van der Waals surface area contributed by atoms with Crippen molar-refractivity contribution in [2.45, 2.75) is 44.9 Å². The number of rotatable bonds is 6. The van der Waals surface area contributed by atoms with Crippen LogP contribution in [0.15, 0.2) is 24.3 Å². The van der Waals surface area contributed by atoms with Crippen molar-refractivity contribution < 1.29 is 18.6 Å². The van der Waals surface area contributed by atoms with Gasteiger partial charge in [0.25, 0.3) is 0 Å². The molecule has 0 spiro atoms. The SMILES string of the molecule is OC1CCC(CNCc2ccccc2OC(F)F)CC1. The minimum atomic E-state index is -2.80. The Labute approximate surface area is 117 Å². The molecule has 0 bridgehead atoms. The van der Waals surface area contributed by atoms with E-state index in [1.54, 1.807) is 18.2 Å². The molecule has 2 rings (SSSR count). The Hall–Kier alpha value is -1.20. The quantitative estimate of drug-likeness (QED) is 0.844. The van der Waals surface area contributed by atoms with E-state index in [-0.39, 0.29) is 11.9 Å². The number of aliphatic hydroxyl groups excluding tert-OH is 1. The van der Waals surface area contributed by atoms with E-state index in [4.69, 9.17) is 0 Å². The third-order valence-corrected chi connectivity index (χ3v) is 3.75. The summed E-state index contributed by atoms with van der Waals surface area (Å²) in [6.45, 7) is -1.44. The first-order valence-electron chi connectivity index (χ1n) is 7.06. The highest BCUT2D eigenvalue weighted by molar-refractivity contribution is 5.33. The lowest BCUT2D eigenvalue weighted by molar-refractivity contribution is -0.0505. The van der Waals surface area contributed by atoms with Gasteiger partial charge in [0.05, 0.1) is 6.10 Å². The minimum Gasteiger partial charge on any atom is -0.434 e. The molecule has 0 heterocycles. The highest BCUT2D eigenvalue weighted by Crippen LogP contribution is 2.24. The van der Waals surface area contributed by atoms with Crippen LogP contribution in [0.2, 0.25) is 0 Å². The average Bonchev–Trinajstić information content (AvgIpc) is 2.42. The fraction of sp³-hybridized carbons (Fsp3) is 0.600. The van der Waals surface area contributed by atoms with Crippen LogP contribution in [0, 0.1) is 5.92 Å². The molecule has 112 valence electrons. The molecule has 1 aliphatic carbocycles. The zero-order valence-corrected chi connectivity index (χ0v) is 11.4. The van der Waals surface area contributed by atoms with Crippen molar-refractivity contribution in [2.24, 2.45) is 5.92 Å². The summed E-state index contributed by atoms with van der Waals surface area (Å²) in [7, 11) is 0. The maximum absolute atomic E-state index is 12.3. The van der Waals surface area contributed by atoms with E-state index in [9.17, 15) is 13.9 Å². The van der Waals surface area contributed by atoms with Crippen LogP contribution in [-0.2, 0) is 6.54 Å². The number of hydrogen-bond donors (Lipinski definition) is 2. The number of hydrogen-bond acceptors (Lipinski definition) is 3. The maximum Gasteiger partial charge on any atom is 0.387 e. The molecule has 5 heteroatoms. The number of alkyl halides is 2. The van der Waals surface area contributed by atoms with Crippen LogP contribution >= 0.6 is 0 Å². The zero-order valence-electron chi connectivity index (χ0n) is 11.4. The molecule has 0 atom stereocenters. The van der Waals surface area contributed by atoms with E-state index in [0.717, 1.165) is 37.8 Å². The van der Waals surface area contributed by atoms with Crippen molar-refractivity contribution in [1.82, 2.24) is 5.32 Å². The van der Waals surface area contributed by atoms with E-state index in [1.165, 1.54) is 0 Å². The van der Waals surface area contributed by atoms with Crippen molar-refractivity contribution in [3.8, 4) is 5.75 Å². The Bertz CT molecular complexity index is 407. The van der Waals surface area contributed by atoms with Gasteiger partial charge in [-0.15, -0.1) is 0 Å². The van der Waals surface area contributed by atoms with E-state index >= 15 is 0 Å². The monoisotopic (exact) mass is 285 g/mol. The van der Waals surface area contributed by atoms with Gasteiger partial charge in [-0.2, -0.15) is 8.78 Å². The number of para-hydroxylation sites is 1. The Morgan fingerprint density at radius 2 is 1.90 bits per heavy atom. The topological polar surface area (TPSA) is 41.5 Å². The van der Waals surface area contributed by atoms with Gasteiger partial charge in [-0.25, -0.2) is 0 Å². The molecule has 3 nitrogen and oxygen atoms in total. The fourth-order valence-electron chi connectivity index (χ4n) is 2.62. The van der Waals surface area contributed by atoms with Gasteiger partial charge in [0, 0.05) is 12.1 Å². The summed E-state index contributed by atoms with van der Waals surface area (Å²) in [5.41, 5.74) is 0.739. The van der Waals surface area contributed by atoms with Crippen molar-refractivity contribution >= 4 is 0 Å². The third-order valence-electron chi connectivity index (χ3n) is 3.75. The summed E-state index contributed by atoms with van der Waals surface area (Å²) in [4.78, 5) is 0. The number of ether oxygens (including phenoxy) is 1. The molecule has 1 aliphatic rings. The number of halogens is 2. The van der Waals surface area contributed by atoms with Crippen LogP contribution in [-0.4, -0.2) is 24.4 Å². The molecule has 1 fully saturated rings. The van der Waals surface area contributed by atoms with Crippen LogP contribution in [0.5, 0.6) is 5.75 Å². The molecule has 2 N–H and O–H groups in total. The lowest BCUT2D eigenvalue weighted by atomic mass is 9.87. The average molecular weight is 285 g/mol. The van der Waals surface area contributed by atoms with Gasteiger partial charge in [-0.05, 0) is 44.2 Å². The van der Waals surface area contributed by atoms with Gasteiger partial charge >= 0.3 is 6.61 Å². The predicted octanol–water partition coefficient (Wildman–Crippen LogP) is 2.93. The Morgan fingerprint density at radius 3 is 2.60 bits per heavy atom. The first-order valence-corrected chi connectivity index (χ1v) is 7.06. The largest absolute Gasteiger partial charge is 0.434 e. The second-order valence-corrected chi connectivity index (χ2v) is 5.29. The Morgan fingerprint density at radius 1 is 1.20 bits per heavy atom. The van der Waals surface area contributed by atoms with Gasteiger partial charge < -0.3 is 15.2 Å². The molecule has 1 saturated carbocycles. The normalized spacial score (nSPS) is 23.0. The first kappa shape index (κ1) is 15.2. The summed E-state index contributed by atoms with van der Waals surface area (Å²) < 4.78 is 29.1. The molecule has 1 aromatic carbocycles. The first-order chi connectivity index (χ1) is 9.65. The second kappa shape index (κ2) is 7.55. The summed E-state index contributed by atoms with van der Waals surface area (Å²) in [6, 6.07) is 6.84. The van der Waals surface area contributed by atoms with Gasteiger partial charge in [-0.3, -0.25) is 0 Å². The smallest absolute Gasteiger partial charge is 0.387 e. The van der Waals surface area contributed by atoms with E-state index in [2.05, 4.69) is 10.1 Å². The standard InChI is InChI=1S/C15H21F2NO2/c16-15(17)20-14-4-2-1-3-12(14)10-18-9-11-5-7-13(19)8-6-11/h1-4,11,13,15,18-19H,5-10H2.